The molecule has 0 heterocycles. The fourth-order valence-electron chi connectivity index (χ4n) is 1.60. The van der Waals surface area contributed by atoms with Gasteiger partial charge in [-0.3, -0.25) is 0 Å². The maximum absolute atomic E-state index is 10.1. The summed E-state index contributed by atoms with van der Waals surface area (Å²) in [5.41, 5.74) is 0.723. The second-order valence-corrected chi connectivity index (χ2v) is 4.31. The number of rotatable bonds is 6. The Labute approximate surface area is 92.5 Å². The van der Waals surface area contributed by atoms with E-state index in [-0.39, 0.29) is 0 Å². The molecule has 0 amide bonds. The average Bonchev–Trinajstić information content (AvgIpc) is 2.25. The monoisotopic (exact) mass is 204 g/mol. The van der Waals surface area contributed by atoms with E-state index in [4.69, 9.17) is 0 Å². The fourth-order valence-corrected chi connectivity index (χ4v) is 1.60. The Morgan fingerprint density at radius 2 is 1.93 bits per heavy atom. The van der Waals surface area contributed by atoms with Crippen LogP contribution in [0, 0.1) is 0 Å². The molecule has 0 aromatic heterocycles. The van der Waals surface area contributed by atoms with Crippen LogP contribution in [0.4, 0.5) is 0 Å². The Bertz CT molecular complexity index is 287. The molecule has 0 saturated carbocycles. The molecule has 0 aliphatic heterocycles. The maximum atomic E-state index is 10.1. The van der Waals surface area contributed by atoms with Gasteiger partial charge < -0.3 is 5.11 Å². The van der Waals surface area contributed by atoms with Gasteiger partial charge in [0.15, 0.2) is 0 Å². The van der Waals surface area contributed by atoms with Crippen molar-refractivity contribution in [2.75, 3.05) is 0 Å². The molecule has 0 spiro atoms. The standard InChI is InChI=1S/C14H20O/c1-3-4-11-14(2,15)12-10-13-8-6-5-7-9-13/h3,5-9,15H,1,4,10-12H2,2H3. The first-order valence-corrected chi connectivity index (χ1v) is 5.51. The molecule has 1 rings (SSSR count). The van der Waals surface area contributed by atoms with Gasteiger partial charge >= 0.3 is 0 Å². The molecule has 15 heavy (non-hydrogen) atoms. The summed E-state index contributed by atoms with van der Waals surface area (Å²) in [7, 11) is 0. The van der Waals surface area contributed by atoms with Crippen molar-refractivity contribution in [2.24, 2.45) is 0 Å². The predicted octanol–water partition coefficient (Wildman–Crippen LogP) is 3.34. The van der Waals surface area contributed by atoms with Gasteiger partial charge in [-0.1, -0.05) is 36.4 Å². The number of aryl methyl sites for hydroxylation is 1. The molecule has 0 bridgehead atoms. The van der Waals surface area contributed by atoms with Crippen molar-refractivity contribution in [3.8, 4) is 0 Å². The van der Waals surface area contributed by atoms with E-state index in [2.05, 4.69) is 18.7 Å². The second kappa shape index (κ2) is 5.72. The van der Waals surface area contributed by atoms with E-state index in [1.165, 1.54) is 5.56 Å². The Hall–Kier alpha value is -1.08. The molecule has 0 radical (unpaired) electrons. The number of hydrogen-bond acceptors (Lipinski definition) is 1. The summed E-state index contributed by atoms with van der Waals surface area (Å²) in [5.74, 6) is 0. The number of benzene rings is 1. The third-order valence-electron chi connectivity index (χ3n) is 2.68. The normalized spacial score (nSPS) is 14.5. The van der Waals surface area contributed by atoms with Crippen molar-refractivity contribution in [3.05, 3.63) is 48.6 Å². The minimum atomic E-state index is -0.565. The Morgan fingerprint density at radius 3 is 2.53 bits per heavy atom. The molecule has 1 heteroatoms. The predicted molar refractivity (Wildman–Crippen MR) is 64.8 cm³/mol. The van der Waals surface area contributed by atoms with E-state index in [0.29, 0.717) is 0 Å². The second-order valence-electron chi connectivity index (χ2n) is 4.31. The van der Waals surface area contributed by atoms with Gasteiger partial charge in [0.1, 0.15) is 0 Å². The first kappa shape index (κ1) is 12.0. The molecule has 1 aromatic rings. The van der Waals surface area contributed by atoms with Crippen molar-refractivity contribution in [1.29, 1.82) is 0 Å². The van der Waals surface area contributed by atoms with Crippen LogP contribution in [0.3, 0.4) is 0 Å². The summed E-state index contributed by atoms with van der Waals surface area (Å²) in [6, 6.07) is 10.3. The quantitative estimate of drug-likeness (QED) is 0.705. The van der Waals surface area contributed by atoms with Crippen molar-refractivity contribution in [3.63, 3.8) is 0 Å². The summed E-state index contributed by atoms with van der Waals surface area (Å²) >= 11 is 0. The van der Waals surface area contributed by atoms with Gasteiger partial charge in [0, 0.05) is 0 Å². The first-order chi connectivity index (χ1) is 7.14. The van der Waals surface area contributed by atoms with Crippen molar-refractivity contribution in [2.45, 2.75) is 38.2 Å². The molecule has 1 atom stereocenters. The molecular weight excluding hydrogens is 184 g/mol. The van der Waals surface area contributed by atoms with Crippen molar-refractivity contribution < 1.29 is 5.11 Å². The molecule has 1 aromatic carbocycles. The van der Waals surface area contributed by atoms with Gasteiger partial charge in [-0.15, -0.1) is 6.58 Å². The zero-order valence-electron chi connectivity index (χ0n) is 9.45. The van der Waals surface area contributed by atoms with Gasteiger partial charge in [-0.05, 0) is 38.2 Å². The Balaban J connectivity index is 2.39. The third kappa shape index (κ3) is 4.80. The van der Waals surface area contributed by atoms with Crippen LogP contribution in [-0.2, 0) is 6.42 Å². The zero-order valence-corrected chi connectivity index (χ0v) is 9.45. The molecule has 1 N–H and O–H groups in total. The number of aliphatic hydroxyl groups is 1. The molecule has 0 fully saturated rings. The van der Waals surface area contributed by atoms with Crippen LogP contribution in [0.1, 0.15) is 31.7 Å². The zero-order chi connectivity index (χ0) is 11.1. The maximum Gasteiger partial charge on any atom is 0.0625 e. The molecule has 0 aliphatic rings. The minimum Gasteiger partial charge on any atom is -0.390 e. The average molecular weight is 204 g/mol. The third-order valence-corrected chi connectivity index (χ3v) is 2.68. The van der Waals surface area contributed by atoms with Crippen molar-refractivity contribution >= 4 is 0 Å². The van der Waals surface area contributed by atoms with E-state index >= 15 is 0 Å². The summed E-state index contributed by atoms with van der Waals surface area (Å²) < 4.78 is 0. The van der Waals surface area contributed by atoms with Crippen molar-refractivity contribution in [1.82, 2.24) is 0 Å². The summed E-state index contributed by atoms with van der Waals surface area (Å²) in [4.78, 5) is 0. The SMILES string of the molecule is C=CCCC(C)(O)CCc1ccccc1. The van der Waals surface area contributed by atoms with Crippen LogP contribution in [0.15, 0.2) is 43.0 Å². The van der Waals surface area contributed by atoms with Crippen LogP contribution >= 0.6 is 0 Å². The lowest BCUT2D eigenvalue weighted by Gasteiger charge is -2.22. The molecular formula is C14H20O. The van der Waals surface area contributed by atoms with Crippen LogP contribution in [0.25, 0.3) is 0 Å². The lowest BCUT2D eigenvalue weighted by atomic mass is 9.92. The molecule has 0 saturated heterocycles. The van der Waals surface area contributed by atoms with E-state index < -0.39 is 5.60 Å². The highest BCUT2D eigenvalue weighted by atomic mass is 16.3. The molecule has 82 valence electrons. The summed E-state index contributed by atoms with van der Waals surface area (Å²) in [6.45, 7) is 5.57. The van der Waals surface area contributed by atoms with Gasteiger partial charge in [-0.2, -0.15) is 0 Å². The smallest absolute Gasteiger partial charge is 0.0625 e. The Morgan fingerprint density at radius 1 is 1.27 bits per heavy atom. The first-order valence-electron chi connectivity index (χ1n) is 5.51. The van der Waals surface area contributed by atoms with Gasteiger partial charge in [-0.25, -0.2) is 0 Å². The minimum absolute atomic E-state index is 0.565. The van der Waals surface area contributed by atoms with Crippen LogP contribution in [0.2, 0.25) is 0 Å². The van der Waals surface area contributed by atoms with Crippen LogP contribution in [-0.4, -0.2) is 10.7 Å². The lowest BCUT2D eigenvalue weighted by Crippen LogP contribution is -2.24. The fraction of sp³-hybridized carbons (Fsp3) is 0.429. The summed E-state index contributed by atoms with van der Waals surface area (Å²) in [6.07, 6.45) is 5.28. The lowest BCUT2D eigenvalue weighted by molar-refractivity contribution is 0.0433. The highest BCUT2D eigenvalue weighted by molar-refractivity contribution is 5.14. The Kier molecular flexibility index (Phi) is 4.57. The van der Waals surface area contributed by atoms with E-state index in [9.17, 15) is 5.11 Å². The number of hydrogen-bond donors (Lipinski definition) is 1. The van der Waals surface area contributed by atoms with Crippen LogP contribution < -0.4 is 0 Å². The van der Waals surface area contributed by atoms with Gasteiger partial charge in [0.05, 0.1) is 5.60 Å². The topological polar surface area (TPSA) is 20.2 Å². The van der Waals surface area contributed by atoms with E-state index in [1.54, 1.807) is 0 Å². The largest absolute Gasteiger partial charge is 0.390 e. The molecule has 1 nitrogen and oxygen atoms in total. The molecule has 0 aliphatic carbocycles. The van der Waals surface area contributed by atoms with Gasteiger partial charge in [0.25, 0.3) is 0 Å². The summed E-state index contributed by atoms with van der Waals surface area (Å²) in [5, 5.41) is 10.1. The van der Waals surface area contributed by atoms with Crippen LogP contribution in [0.5, 0.6) is 0 Å². The molecule has 1 unspecified atom stereocenters. The van der Waals surface area contributed by atoms with E-state index in [1.807, 2.05) is 31.2 Å². The number of allylic oxidation sites excluding steroid dienone is 1. The highest BCUT2D eigenvalue weighted by Crippen LogP contribution is 2.19. The van der Waals surface area contributed by atoms with Gasteiger partial charge in [0.2, 0.25) is 0 Å². The highest BCUT2D eigenvalue weighted by Gasteiger charge is 2.18. The van der Waals surface area contributed by atoms with E-state index in [0.717, 1.165) is 25.7 Å².